The Labute approximate surface area is 118 Å². The molecule has 1 atom stereocenters. The Balaban J connectivity index is 2.15. The third-order valence-corrected chi connectivity index (χ3v) is 3.71. The average Bonchev–Trinajstić information content (AvgIpc) is 2.40. The molecule has 1 fully saturated rings. The average molecular weight is 280 g/mol. The number of oxime groups is 1. The summed E-state index contributed by atoms with van der Waals surface area (Å²) in [6, 6.07) is 4.96. The number of hydrogen-bond donors (Lipinski definition) is 2. The van der Waals surface area contributed by atoms with Gasteiger partial charge in [-0.15, -0.1) is 0 Å². The summed E-state index contributed by atoms with van der Waals surface area (Å²) in [6.07, 6.45) is 0. The molecule has 2 rings (SSSR count). The molecule has 0 saturated carbocycles. The third kappa shape index (κ3) is 3.46. The summed E-state index contributed by atoms with van der Waals surface area (Å²) >= 11 is 0. The fraction of sp³-hybridized carbons (Fsp3) is 0.500. The minimum Gasteiger partial charge on any atom is -0.409 e. The number of nitrogens with zero attached hydrogens (tertiary/aromatic N) is 3. The first-order valence-electron chi connectivity index (χ1n) is 6.69. The van der Waals surface area contributed by atoms with Crippen LogP contribution in [0.25, 0.3) is 0 Å². The molecular formula is C14H21FN4O. The van der Waals surface area contributed by atoms with E-state index in [1.165, 1.54) is 12.1 Å². The van der Waals surface area contributed by atoms with Gasteiger partial charge in [-0.2, -0.15) is 0 Å². The SMILES string of the molecule is CC1CN(C)CCN1Cc1cc(F)cc(/C(N)=N/O)c1. The molecule has 0 aliphatic carbocycles. The quantitative estimate of drug-likeness (QED) is 0.376. The van der Waals surface area contributed by atoms with Gasteiger partial charge in [0.05, 0.1) is 0 Å². The molecule has 0 aromatic heterocycles. The summed E-state index contributed by atoms with van der Waals surface area (Å²) in [6.45, 7) is 5.79. The van der Waals surface area contributed by atoms with Crippen molar-refractivity contribution in [2.24, 2.45) is 10.9 Å². The fourth-order valence-electron chi connectivity index (χ4n) is 2.59. The van der Waals surface area contributed by atoms with Gasteiger partial charge in [0.2, 0.25) is 0 Å². The highest BCUT2D eigenvalue weighted by Crippen LogP contribution is 2.16. The van der Waals surface area contributed by atoms with Crippen LogP contribution in [-0.2, 0) is 6.54 Å². The maximum atomic E-state index is 13.6. The molecule has 110 valence electrons. The Morgan fingerprint density at radius 3 is 2.85 bits per heavy atom. The van der Waals surface area contributed by atoms with Crippen molar-refractivity contribution in [3.63, 3.8) is 0 Å². The van der Waals surface area contributed by atoms with Crippen molar-refractivity contribution in [2.45, 2.75) is 19.5 Å². The van der Waals surface area contributed by atoms with E-state index in [9.17, 15) is 4.39 Å². The molecule has 0 amide bonds. The lowest BCUT2D eigenvalue weighted by molar-refractivity contribution is 0.0937. The van der Waals surface area contributed by atoms with Crippen LogP contribution in [-0.4, -0.2) is 53.6 Å². The van der Waals surface area contributed by atoms with E-state index in [4.69, 9.17) is 10.9 Å². The molecule has 0 bridgehead atoms. The molecule has 1 aliphatic heterocycles. The van der Waals surface area contributed by atoms with Crippen LogP contribution in [0.2, 0.25) is 0 Å². The van der Waals surface area contributed by atoms with Gasteiger partial charge in [0, 0.05) is 37.8 Å². The molecule has 20 heavy (non-hydrogen) atoms. The van der Waals surface area contributed by atoms with E-state index in [0.717, 1.165) is 25.2 Å². The predicted octanol–water partition coefficient (Wildman–Crippen LogP) is 1.06. The molecule has 0 radical (unpaired) electrons. The number of rotatable bonds is 3. The molecule has 6 heteroatoms. The van der Waals surface area contributed by atoms with Gasteiger partial charge in [0.25, 0.3) is 0 Å². The van der Waals surface area contributed by atoms with E-state index < -0.39 is 0 Å². The lowest BCUT2D eigenvalue weighted by Crippen LogP contribution is -2.49. The summed E-state index contributed by atoms with van der Waals surface area (Å²) in [4.78, 5) is 4.60. The molecule has 1 saturated heterocycles. The zero-order valence-corrected chi connectivity index (χ0v) is 11.9. The minimum absolute atomic E-state index is 0.0721. The number of amidine groups is 1. The van der Waals surface area contributed by atoms with Gasteiger partial charge in [0.1, 0.15) is 5.82 Å². The first-order valence-corrected chi connectivity index (χ1v) is 6.69. The summed E-state index contributed by atoms with van der Waals surface area (Å²) in [5.41, 5.74) is 6.77. The van der Waals surface area contributed by atoms with E-state index in [2.05, 4.69) is 28.9 Å². The smallest absolute Gasteiger partial charge is 0.170 e. The van der Waals surface area contributed by atoms with Gasteiger partial charge in [-0.1, -0.05) is 5.16 Å². The van der Waals surface area contributed by atoms with Gasteiger partial charge in [-0.3, -0.25) is 4.90 Å². The van der Waals surface area contributed by atoms with E-state index in [1.807, 2.05) is 0 Å². The second-order valence-corrected chi connectivity index (χ2v) is 5.42. The summed E-state index contributed by atoms with van der Waals surface area (Å²) in [5.74, 6) is -0.442. The Kier molecular flexibility index (Phi) is 4.57. The number of nitrogens with two attached hydrogens (primary N) is 1. The lowest BCUT2D eigenvalue weighted by atomic mass is 10.1. The van der Waals surface area contributed by atoms with Crippen molar-refractivity contribution in [3.8, 4) is 0 Å². The van der Waals surface area contributed by atoms with Gasteiger partial charge in [-0.05, 0) is 37.7 Å². The Bertz CT molecular complexity index is 506. The first kappa shape index (κ1) is 14.7. The molecule has 1 unspecified atom stereocenters. The van der Waals surface area contributed by atoms with Crippen LogP contribution in [0.1, 0.15) is 18.1 Å². The number of piperazine rings is 1. The predicted molar refractivity (Wildman–Crippen MR) is 76.3 cm³/mol. The Morgan fingerprint density at radius 1 is 1.45 bits per heavy atom. The van der Waals surface area contributed by atoms with Crippen LogP contribution >= 0.6 is 0 Å². The zero-order chi connectivity index (χ0) is 14.7. The molecule has 1 heterocycles. The van der Waals surface area contributed by atoms with Gasteiger partial charge in [-0.25, -0.2) is 4.39 Å². The van der Waals surface area contributed by atoms with E-state index in [-0.39, 0.29) is 11.7 Å². The van der Waals surface area contributed by atoms with Gasteiger partial charge < -0.3 is 15.8 Å². The molecule has 1 aliphatic rings. The number of likely N-dealkylation sites (N-methyl/N-ethyl adjacent to an activating group) is 1. The first-order chi connectivity index (χ1) is 9.49. The number of hydrogen-bond acceptors (Lipinski definition) is 4. The van der Waals surface area contributed by atoms with Crippen LogP contribution in [0.15, 0.2) is 23.4 Å². The molecule has 0 spiro atoms. The van der Waals surface area contributed by atoms with Crippen molar-refractivity contribution < 1.29 is 9.60 Å². The second-order valence-electron chi connectivity index (χ2n) is 5.42. The molecule has 3 N–H and O–H groups in total. The zero-order valence-electron chi connectivity index (χ0n) is 11.9. The van der Waals surface area contributed by atoms with E-state index >= 15 is 0 Å². The molecule has 5 nitrogen and oxygen atoms in total. The van der Waals surface area contributed by atoms with Gasteiger partial charge >= 0.3 is 0 Å². The van der Waals surface area contributed by atoms with Gasteiger partial charge in [0.15, 0.2) is 5.84 Å². The molecule has 1 aromatic carbocycles. The van der Waals surface area contributed by atoms with Crippen molar-refractivity contribution in [2.75, 3.05) is 26.7 Å². The van der Waals surface area contributed by atoms with Crippen molar-refractivity contribution in [1.82, 2.24) is 9.80 Å². The lowest BCUT2D eigenvalue weighted by Gasteiger charge is -2.38. The number of halogens is 1. The largest absolute Gasteiger partial charge is 0.409 e. The van der Waals surface area contributed by atoms with Crippen molar-refractivity contribution in [1.29, 1.82) is 0 Å². The topological polar surface area (TPSA) is 65.1 Å². The molecular weight excluding hydrogens is 259 g/mol. The highest BCUT2D eigenvalue weighted by molar-refractivity contribution is 5.97. The van der Waals surface area contributed by atoms with E-state index in [0.29, 0.717) is 18.2 Å². The Morgan fingerprint density at radius 2 is 2.20 bits per heavy atom. The summed E-state index contributed by atoms with van der Waals surface area (Å²) in [7, 11) is 2.10. The minimum atomic E-state index is -0.370. The fourth-order valence-corrected chi connectivity index (χ4v) is 2.59. The standard InChI is InChI=1S/C14H21FN4O/c1-10-8-18(2)3-4-19(10)9-11-5-12(14(16)17-20)7-13(15)6-11/h5-7,10,20H,3-4,8-9H2,1-2H3,(H2,16,17). The maximum absolute atomic E-state index is 13.6. The van der Waals surface area contributed by atoms with Crippen molar-refractivity contribution in [3.05, 3.63) is 35.1 Å². The van der Waals surface area contributed by atoms with Crippen LogP contribution in [0.3, 0.4) is 0 Å². The number of benzene rings is 1. The third-order valence-electron chi connectivity index (χ3n) is 3.71. The van der Waals surface area contributed by atoms with Crippen LogP contribution in [0.5, 0.6) is 0 Å². The van der Waals surface area contributed by atoms with Crippen LogP contribution < -0.4 is 5.73 Å². The Hall–Kier alpha value is -1.66. The van der Waals surface area contributed by atoms with E-state index in [1.54, 1.807) is 6.07 Å². The summed E-state index contributed by atoms with van der Waals surface area (Å²) in [5, 5.41) is 11.6. The normalized spacial score (nSPS) is 22.1. The highest BCUT2D eigenvalue weighted by Gasteiger charge is 2.21. The van der Waals surface area contributed by atoms with Crippen molar-refractivity contribution >= 4 is 5.84 Å². The van der Waals surface area contributed by atoms with Crippen LogP contribution in [0, 0.1) is 5.82 Å². The maximum Gasteiger partial charge on any atom is 0.170 e. The van der Waals surface area contributed by atoms with Crippen LogP contribution in [0.4, 0.5) is 4.39 Å². The second kappa shape index (κ2) is 6.19. The monoisotopic (exact) mass is 280 g/mol. The molecule has 1 aromatic rings. The highest BCUT2D eigenvalue weighted by atomic mass is 19.1. The summed E-state index contributed by atoms with van der Waals surface area (Å²) < 4.78 is 13.6.